The molecule has 276 valence electrons. The number of unbranched alkanes of at least 4 members (excludes halogenated alkanes) is 22. The average Bonchev–Trinajstić information content (AvgIpc) is 2.99. The molecule has 0 fully saturated rings. The third-order valence-electron chi connectivity index (χ3n) is 8.60. The largest absolute Gasteiger partial charge is 0.354 e. The molecule has 0 saturated heterocycles. The van der Waals surface area contributed by atoms with E-state index in [-0.39, 0.29) is 11.8 Å². The molecule has 0 bridgehead atoms. The van der Waals surface area contributed by atoms with Gasteiger partial charge in [-0.2, -0.15) is 0 Å². The number of allylic oxidation sites excluding steroid dienone is 4. The van der Waals surface area contributed by atoms with Crippen molar-refractivity contribution >= 4 is 11.8 Å². The Morgan fingerprint density at radius 1 is 0.468 bits per heavy atom. The second kappa shape index (κ2) is 31.6. The van der Waals surface area contributed by atoms with Crippen molar-refractivity contribution in [1.82, 2.24) is 16.0 Å². The van der Waals surface area contributed by atoms with Gasteiger partial charge in [-0.25, -0.2) is 5.32 Å². The van der Waals surface area contributed by atoms with E-state index < -0.39 is 11.7 Å². The number of aliphatic hydroxyl groups is 2. The van der Waals surface area contributed by atoms with Crippen LogP contribution in [0.4, 0.5) is 0 Å². The summed E-state index contributed by atoms with van der Waals surface area (Å²) in [4.78, 5) is 25.4. The van der Waals surface area contributed by atoms with Crippen LogP contribution in [-0.2, 0) is 9.59 Å². The van der Waals surface area contributed by atoms with Crippen molar-refractivity contribution in [2.75, 3.05) is 0 Å². The smallest absolute Gasteiger partial charge is 0.222 e. The van der Waals surface area contributed by atoms with E-state index in [2.05, 4.69) is 54.1 Å². The van der Waals surface area contributed by atoms with Crippen LogP contribution < -0.4 is 16.0 Å². The summed E-state index contributed by atoms with van der Waals surface area (Å²) >= 11 is 0. The van der Waals surface area contributed by atoms with Gasteiger partial charge in [0.05, 0.1) is 0 Å². The molecule has 0 aromatic rings. The molecule has 0 rings (SSSR count). The van der Waals surface area contributed by atoms with E-state index in [1.165, 1.54) is 103 Å². The van der Waals surface area contributed by atoms with Gasteiger partial charge in [0.2, 0.25) is 17.7 Å². The van der Waals surface area contributed by atoms with Gasteiger partial charge in [0, 0.05) is 19.8 Å². The third-order valence-corrected chi connectivity index (χ3v) is 8.60. The highest BCUT2D eigenvalue weighted by atomic mass is 16.5. The van der Waals surface area contributed by atoms with Gasteiger partial charge in [-0.05, 0) is 71.1 Å². The SMILES string of the molecule is CCCCCCCC/C=C\CCCCCCCC(=O)NC(C)(NC(=O)CCCCCCC/C=C\CCCCCCCC)NC(C)(O)O. The molecular formula is C40H77N3O4. The van der Waals surface area contributed by atoms with Crippen molar-refractivity contribution in [1.29, 1.82) is 0 Å². The summed E-state index contributed by atoms with van der Waals surface area (Å²) in [5, 5.41) is 28.0. The molecule has 0 aliphatic rings. The van der Waals surface area contributed by atoms with Gasteiger partial charge in [-0.3, -0.25) is 9.59 Å². The van der Waals surface area contributed by atoms with E-state index in [1.54, 1.807) is 6.92 Å². The Labute approximate surface area is 290 Å². The van der Waals surface area contributed by atoms with Gasteiger partial charge in [-0.1, -0.05) is 141 Å². The molecule has 7 heteroatoms. The minimum absolute atomic E-state index is 0.233. The van der Waals surface area contributed by atoms with Gasteiger partial charge in [0.1, 0.15) is 0 Å². The molecule has 47 heavy (non-hydrogen) atoms. The molecule has 2 amide bonds. The molecule has 0 aromatic heterocycles. The van der Waals surface area contributed by atoms with Crippen molar-refractivity contribution < 1.29 is 19.8 Å². The van der Waals surface area contributed by atoms with Crippen LogP contribution in [-0.4, -0.2) is 33.7 Å². The van der Waals surface area contributed by atoms with Gasteiger partial charge in [-0.15, -0.1) is 0 Å². The first-order valence-corrected chi connectivity index (χ1v) is 19.8. The molecular weight excluding hydrogens is 586 g/mol. The Kier molecular flexibility index (Phi) is 30.4. The summed E-state index contributed by atoms with van der Waals surface area (Å²) in [6.07, 6.45) is 41.0. The van der Waals surface area contributed by atoms with Gasteiger partial charge in [0.15, 0.2) is 5.79 Å². The zero-order chi connectivity index (χ0) is 34.9. The maximum atomic E-state index is 12.7. The Morgan fingerprint density at radius 2 is 0.745 bits per heavy atom. The maximum absolute atomic E-state index is 12.7. The molecule has 0 radical (unpaired) electrons. The molecule has 5 N–H and O–H groups in total. The minimum Gasteiger partial charge on any atom is -0.354 e. The van der Waals surface area contributed by atoms with Gasteiger partial charge >= 0.3 is 0 Å². The lowest BCUT2D eigenvalue weighted by Gasteiger charge is -2.37. The number of rotatable bonds is 34. The number of carbonyl (C=O) groups is 2. The van der Waals surface area contributed by atoms with Crippen LogP contribution in [0, 0.1) is 0 Å². The number of hydrogen-bond donors (Lipinski definition) is 5. The Balaban J connectivity index is 4.06. The number of carbonyl (C=O) groups excluding carboxylic acids is 2. The van der Waals surface area contributed by atoms with Crippen LogP contribution >= 0.6 is 0 Å². The third kappa shape index (κ3) is 34.0. The van der Waals surface area contributed by atoms with E-state index in [4.69, 9.17) is 0 Å². The first-order chi connectivity index (χ1) is 22.6. The second-order valence-electron chi connectivity index (χ2n) is 14.0. The molecule has 0 heterocycles. The van der Waals surface area contributed by atoms with Crippen LogP contribution in [0.1, 0.15) is 207 Å². The lowest BCUT2D eigenvalue weighted by atomic mass is 10.1. The lowest BCUT2D eigenvalue weighted by Crippen LogP contribution is -2.71. The van der Waals surface area contributed by atoms with Crippen molar-refractivity contribution in [3.05, 3.63) is 24.3 Å². The fourth-order valence-corrected chi connectivity index (χ4v) is 5.96. The summed E-state index contributed by atoms with van der Waals surface area (Å²) in [7, 11) is 0. The highest BCUT2D eigenvalue weighted by Gasteiger charge is 2.34. The van der Waals surface area contributed by atoms with Crippen LogP contribution in [0.3, 0.4) is 0 Å². The molecule has 0 saturated carbocycles. The van der Waals surface area contributed by atoms with Crippen LogP contribution in [0.25, 0.3) is 0 Å². The van der Waals surface area contributed by atoms with E-state index in [0.29, 0.717) is 12.8 Å². The second-order valence-corrected chi connectivity index (χ2v) is 14.0. The summed E-state index contributed by atoms with van der Waals surface area (Å²) in [6, 6.07) is 0. The summed E-state index contributed by atoms with van der Waals surface area (Å²) in [5.74, 6) is -4.19. The van der Waals surface area contributed by atoms with E-state index in [1.807, 2.05) is 0 Å². The van der Waals surface area contributed by atoms with Crippen LogP contribution in [0.2, 0.25) is 0 Å². The first-order valence-electron chi connectivity index (χ1n) is 19.8. The number of hydrogen-bond acceptors (Lipinski definition) is 5. The lowest BCUT2D eigenvalue weighted by molar-refractivity contribution is -0.191. The van der Waals surface area contributed by atoms with Crippen LogP contribution in [0.5, 0.6) is 0 Å². The maximum Gasteiger partial charge on any atom is 0.222 e. The highest BCUT2D eigenvalue weighted by Crippen LogP contribution is 2.13. The van der Waals surface area contributed by atoms with Crippen molar-refractivity contribution in [3.8, 4) is 0 Å². The van der Waals surface area contributed by atoms with Crippen molar-refractivity contribution in [2.45, 2.75) is 219 Å². The molecule has 7 nitrogen and oxygen atoms in total. The standard InChI is InChI=1S/C40H77N3O4/c1-5-7-9-11-13-15-17-19-21-23-25-27-29-31-33-35-37(44)41-39(3,43-40(4,46)47)42-38(45)36-34-32-30-28-26-24-22-20-18-16-14-12-10-8-6-2/h19-22,43,46-47H,5-18,23-36H2,1-4H3,(H,41,44)(H,42,45)/b21-19-,22-20-. The quantitative estimate of drug-likeness (QED) is 0.0267. The summed E-state index contributed by atoms with van der Waals surface area (Å²) in [5.41, 5.74) is 0. The monoisotopic (exact) mass is 664 g/mol. The number of amides is 2. The van der Waals surface area contributed by atoms with E-state index in [9.17, 15) is 19.8 Å². The first kappa shape index (κ1) is 45.3. The molecule has 0 unspecified atom stereocenters. The number of nitrogens with one attached hydrogen (secondary N) is 3. The predicted octanol–water partition coefficient (Wildman–Crippen LogP) is 10.2. The summed E-state index contributed by atoms with van der Waals surface area (Å²) < 4.78 is 0. The van der Waals surface area contributed by atoms with Crippen LogP contribution in [0.15, 0.2) is 24.3 Å². The Hall–Kier alpha value is -1.70. The molecule has 0 aliphatic heterocycles. The molecule has 0 aliphatic carbocycles. The van der Waals surface area contributed by atoms with Crippen molar-refractivity contribution in [3.63, 3.8) is 0 Å². The molecule has 0 atom stereocenters. The topological polar surface area (TPSA) is 111 Å². The van der Waals surface area contributed by atoms with Crippen molar-refractivity contribution in [2.24, 2.45) is 0 Å². The predicted molar refractivity (Wildman–Crippen MR) is 200 cm³/mol. The Bertz CT molecular complexity index is 737. The normalized spacial score (nSPS) is 12.4. The fraction of sp³-hybridized carbons (Fsp3) is 0.850. The van der Waals surface area contributed by atoms with E-state index >= 15 is 0 Å². The van der Waals surface area contributed by atoms with E-state index in [0.717, 1.165) is 71.1 Å². The zero-order valence-corrected chi connectivity index (χ0v) is 31.3. The fourth-order valence-electron chi connectivity index (χ4n) is 5.96. The zero-order valence-electron chi connectivity index (χ0n) is 31.3. The van der Waals surface area contributed by atoms with Gasteiger partial charge < -0.3 is 20.8 Å². The van der Waals surface area contributed by atoms with Gasteiger partial charge in [0.25, 0.3) is 0 Å². The summed E-state index contributed by atoms with van der Waals surface area (Å²) in [6.45, 7) is 7.22. The Morgan fingerprint density at radius 3 is 1.04 bits per heavy atom. The molecule has 0 spiro atoms. The molecule has 0 aromatic carbocycles. The highest BCUT2D eigenvalue weighted by molar-refractivity contribution is 5.80. The average molecular weight is 664 g/mol. The minimum atomic E-state index is -2.26.